The SMILES string of the molecule is Cc1cc(C(=N)N)ccc1CSc1cc(F)ccc1F. The lowest BCUT2D eigenvalue weighted by Crippen LogP contribution is -2.11. The Kier molecular flexibility index (Phi) is 4.39. The summed E-state index contributed by atoms with van der Waals surface area (Å²) in [6.45, 7) is 1.91. The van der Waals surface area contributed by atoms with Gasteiger partial charge in [0.15, 0.2) is 0 Å². The summed E-state index contributed by atoms with van der Waals surface area (Å²) in [5.74, 6) is -0.319. The normalized spacial score (nSPS) is 10.6. The van der Waals surface area contributed by atoms with Crippen LogP contribution < -0.4 is 5.73 Å². The maximum Gasteiger partial charge on any atom is 0.136 e. The molecule has 2 aromatic carbocycles. The maximum atomic E-state index is 13.5. The predicted molar refractivity (Wildman–Crippen MR) is 78.1 cm³/mol. The van der Waals surface area contributed by atoms with Gasteiger partial charge in [-0.3, -0.25) is 5.41 Å². The molecule has 0 saturated carbocycles. The number of thioether (sulfide) groups is 1. The zero-order valence-electron chi connectivity index (χ0n) is 10.9. The molecule has 0 saturated heterocycles. The van der Waals surface area contributed by atoms with Crippen molar-refractivity contribution in [3.63, 3.8) is 0 Å². The Bertz CT molecular complexity index is 656. The summed E-state index contributed by atoms with van der Waals surface area (Å²) < 4.78 is 26.6. The first-order chi connectivity index (χ1) is 9.47. The van der Waals surface area contributed by atoms with Crippen LogP contribution in [0.5, 0.6) is 0 Å². The van der Waals surface area contributed by atoms with Crippen molar-refractivity contribution >= 4 is 17.6 Å². The molecule has 0 aromatic heterocycles. The number of benzene rings is 2. The minimum absolute atomic E-state index is 0.0171. The zero-order valence-corrected chi connectivity index (χ0v) is 11.7. The van der Waals surface area contributed by atoms with Crippen molar-refractivity contribution < 1.29 is 8.78 Å². The van der Waals surface area contributed by atoms with E-state index in [2.05, 4.69) is 0 Å². The van der Waals surface area contributed by atoms with Gasteiger partial charge in [0, 0.05) is 16.2 Å². The summed E-state index contributed by atoms with van der Waals surface area (Å²) in [5.41, 5.74) is 8.06. The fourth-order valence-electron chi connectivity index (χ4n) is 1.77. The summed E-state index contributed by atoms with van der Waals surface area (Å²) >= 11 is 1.24. The van der Waals surface area contributed by atoms with Crippen LogP contribution in [0.4, 0.5) is 8.78 Å². The zero-order chi connectivity index (χ0) is 14.7. The second kappa shape index (κ2) is 6.05. The third-order valence-electron chi connectivity index (χ3n) is 2.93. The minimum Gasteiger partial charge on any atom is -0.384 e. The second-order valence-electron chi connectivity index (χ2n) is 4.42. The van der Waals surface area contributed by atoms with Crippen LogP contribution in [0, 0.1) is 24.0 Å². The van der Waals surface area contributed by atoms with Crippen LogP contribution in [-0.4, -0.2) is 5.84 Å². The van der Waals surface area contributed by atoms with E-state index in [1.807, 2.05) is 19.1 Å². The monoisotopic (exact) mass is 292 g/mol. The van der Waals surface area contributed by atoms with Gasteiger partial charge in [0.2, 0.25) is 0 Å². The van der Waals surface area contributed by atoms with Crippen molar-refractivity contribution in [2.24, 2.45) is 5.73 Å². The van der Waals surface area contributed by atoms with Crippen molar-refractivity contribution in [1.29, 1.82) is 5.41 Å². The van der Waals surface area contributed by atoms with Gasteiger partial charge in [0.05, 0.1) is 0 Å². The van der Waals surface area contributed by atoms with Gasteiger partial charge in [-0.05, 0) is 42.3 Å². The predicted octanol–water partition coefficient (Wildman–Crippen LogP) is 3.85. The third kappa shape index (κ3) is 3.36. The van der Waals surface area contributed by atoms with E-state index in [0.29, 0.717) is 16.2 Å². The number of aryl methyl sites for hydroxylation is 1. The molecule has 2 rings (SSSR count). The van der Waals surface area contributed by atoms with Gasteiger partial charge in [0.1, 0.15) is 17.5 Å². The van der Waals surface area contributed by atoms with E-state index in [0.717, 1.165) is 23.3 Å². The van der Waals surface area contributed by atoms with Crippen molar-refractivity contribution in [3.8, 4) is 0 Å². The van der Waals surface area contributed by atoms with Crippen LogP contribution in [0.3, 0.4) is 0 Å². The van der Waals surface area contributed by atoms with Crippen molar-refractivity contribution in [1.82, 2.24) is 0 Å². The highest BCUT2D eigenvalue weighted by Gasteiger charge is 2.07. The number of rotatable bonds is 4. The van der Waals surface area contributed by atoms with Gasteiger partial charge in [-0.25, -0.2) is 8.78 Å². The molecule has 0 spiro atoms. The summed E-state index contributed by atoms with van der Waals surface area (Å²) in [5, 5.41) is 7.37. The van der Waals surface area contributed by atoms with E-state index in [1.165, 1.54) is 17.8 Å². The standard InChI is InChI=1S/C15H14F2N2S/c1-9-6-10(15(18)19)2-3-11(9)8-20-14-7-12(16)4-5-13(14)17/h2-7H,8H2,1H3,(H3,18,19). The van der Waals surface area contributed by atoms with E-state index in [4.69, 9.17) is 11.1 Å². The highest BCUT2D eigenvalue weighted by atomic mass is 32.2. The van der Waals surface area contributed by atoms with Crippen LogP contribution in [-0.2, 0) is 5.75 Å². The average molecular weight is 292 g/mol. The average Bonchev–Trinajstić information content (AvgIpc) is 2.40. The molecule has 0 aliphatic carbocycles. The summed E-state index contributed by atoms with van der Waals surface area (Å²) in [6, 6.07) is 8.86. The first kappa shape index (κ1) is 14.5. The number of nitrogens with one attached hydrogen (secondary N) is 1. The number of hydrogen-bond acceptors (Lipinski definition) is 2. The number of amidine groups is 1. The molecule has 2 aromatic rings. The molecular weight excluding hydrogens is 278 g/mol. The van der Waals surface area contributed by atoms with E-state index in [1.54, 1.807) is 6.07 Å². The fraction of sp³-hybridized carbons (Fsp3) is 0.133. The molecule has 2 nitrogen and oxygen atoms in total. The van der Waals surface area contributed by atoms with E-state index < -0.39 is 11.6 Å². The van der Waals surface area contributed by atoms with E-state index in [9.17, 15) is 8.78 Å². The molecule has 0 heterocycles. The molecule has 0 aliphatic heterocycles. The van der Waals surface area contributed by atoms with Gasteiger partial charge in [-0.2, -0.15) is 0 Å². The number of nitrogen functional groups attached to an aromatic ring is 1. The number of hydrogen-bond donors (Lipinski definition) is 2. The molecule has 104 valence electrons. The van der Waals surface area contributed by atoms with Crippen molar-refractivity contribution in [3.05, 3.63) is 64.7 Å². The molecule has 0 aliphatic rings. The van der Waals surface area contributed by atoms with Gasteiger partial charge in [-0.15, -0.1) is 11.8 Å². The van der Waals surface area contributed by atoms with Crippen molar-refractivity contribution in [2.45, 2.75) is 17.6 Å². The number of halogens is 2. The van der Waals surface area contributed by atoms with Gasteiger partial charge >= 0.3 is 0 Å². The summed E-state index contributed by atoms with van der Waals surface area (Å²) in [7, 11) is 0. The topological polar surface area (TPSA) is 49.9 Å². The molecule has 0 unspecified atom stereocenters. The molecule has 20 heavy (non-hydrogen) atoms. The second-order valence-corrected chi connectivity index (χ2v) is 5.44. The van der Waals surface area contributed by atoms with Gasteiger partial charge < -0.3 is 5.73 Å². The molecule has 3 N–H and O–H groups in total. The van der Waals surface area contributed by atoms with Crippen LogP contribution in [0.15, 0.2) is 41.3 Å². The Morgan fingerprint density at radius 3 is 2.60 bits per heavy atom. The van der Waals surface area contributed by atoms with Gasteiger partial charge in [-0.1, -0.05) is 12.1 Å². The lowest BCUT2D eigenvalue weighted by atomic mass is 10.1. The lowest BCUT2D eigenvalue weighted by Gasteiger charge is -2.08. The smallest absolute Gasteiger partial charge is 0.136 e. The minimum atomic E-state index is -0.447. The maximum absolute atomic E-state index is 13.5. The lowest BCUT2D eigenvalue weighted by molar-refractivity contribution is 0.577. The molecule has 0 bridgehead atoms. The molecule has 0 amide bonds. The largest absolute Gasteiger partial charge is 0.384 e. The molecular formula is C15H14F2N2S. The quantitative estimate of drug-likeness (QED) is 0.511. The molecule has 0 atom stereocenters. The highest BCUT2D eigenvalue weighted by Crippen LogP contribution is 2.27. The number of nitrogens with two attached hydrogens (primary N) is 1. The molecule has 0 radical (unpaired) electrons. The van der Waals surface area contributed by atoms with Crippen LogP contribution in [0.1, 0.15) is 16.7 Å². The fourth-order valence-corrected chi connectivity index (χ4v) is 2.81. The molecule has 5 heteroatoms. The molecule has 0 fully saturated rings. The first-order valence-corrected chi connectivity index (χ1v) is 6.97. The van der Waals surface area contributed by atoms with Crippen LogP contribution >= 0.6 is 11.8 Å². The Hall–Kier alpha value is -1.88. The first-order valence-electron chi connectivity index (χ1n) is 5.99. The Labute approximate surface area is 120 Å². The van der Waals surface area contributed by atoms with Crippen molar-refractivity contribution in [2.75, 3.05) is 0 Å². The Morgan fingerprint density at radius 1 is 1.20 bits per heavy atom. The van der Waals surface area contributed by atoms with E-state index >= 15 is 0 Å². The Morgan fingerprint density at radius 2 is 1.95 bits per heavy atom. The summed E-state index contributed by atoms with van der Waals surface area (Å²) in [4.78, 5) is 0.292. The third-order valence-corrected chi connectivity index (χ3v) is 4.01. The van der Waals surface area contributed by atoms with Crippen LogP contribution in [0.2, 0.25) is 0 Å². The Balaban J connectivity index is 2.15. The highest BCUT2D eigenvalue weighted by molar-refractivity contribution is 7.98. The van der Waals surface area contributed by atoms with E-state index in [-0.39, 0.29) is 5.84 Å². The summed E-state index contributed by atoms with van der Waals surface area (Å²) in [6.07, 6.45) is 0. The van der Waals surface area contributed by atoms with Crippen LogP contribution in [0.25, 0.3) is 0 Å². The van der Waals surface area contributed by atoms with Gasteiger partial charge in [0.25, 0.3) is 0 Å².